The average molecular weight is 280 g/mol. The summed E-state index contributed by atoms with van der Waals surface area (Å²) in [6.45, 7) is 2.66. The van der Waals surface area contributed by atoms with Gasteiger partial charge in [0, 0.05) is 17.3 Å². The van der Waals surface area contributed by atoms with Gasteiger partial charge in [0.05, 0.1) is 6.54 Å². The highest BCUT2D eigenvalue weighted by molar-refractivity contribution is 5.58. The molecule has 21 heavy (non-hydrogen) atoms. The van der Waals surface area contributed by atoms with Crippen molar-refractivity contribution in [3.05, 3.63) is 70.4 Å². The van der Waals surface area contributed by atoms with Crippen LogP contribution in [-0.2, 0) is 13.0 Å². The normalized spacial score (nSPS) is 10.7. The second-order valence-electron chi connectivity index (χ2n) is 4.80. The summed E-state index contributed by atoms with van der Waals surface area (Å²) in [5, 5.41) is 4.30. The second kappa shape index (κ2) is 5.75. The summed E-state index contributed by atoms with van der Waals surface area (Å²) < 4.78 is 1.85. The molecular weight excluding hydrogens is 264 g/mol. The van der Waals surface area contributed by atoms with Gasteiger partial charge in [0.1, 0.15) is 6.33 Å². The standard InChI is InChI=1S/C16H16N4O/c1-2-14-13(8-9-15(21)19-14)16-17-11-18-20(16)10-12-6-4-3-5-7-12/h3-9,11H,2,10H2,1H3,(H,19,21). The van der Waals surface area contributed by atoms with Crippen molar-refractivity contribution in [2.75, 3.05) is 0 Å². The molecule has 0 fully saturated rings. The summed E-state index contributed by atoms with van der Waals surface area (Å²) in [4.78, 5) is 18.7. The fourth-order valence-corrected chi connectivity index (χ4v) is 2.35. The molecule has 0 radical (unpaired) electrons. The quantitative estimate of drug-likeness (QED) is 0.797. The van der Waals surface area contributed by atoms with Gasteiger partial charge in [-0.25, -0.2) is 9.67 Å². The Kier molecular flexibility index (Phi) is 3.64. The van der Waals surface area contributed by atoms with Crippen molar-refractivity contribution in [1.29, 1.82) is 0 Å². The van der Waals surface area contributed by atoms with Crippen LogP contribution in [0.25, 0.3) is 11.4 Å². The Morgan fingerprint density at radius 3 is 2.71 bits per heavy atom. The van der Waals surface area contributed by atoms with Gasteiger partial charge in [-0.1, -0.05) is 37.3 Å². The topological polar surface area (TPSA) is 63.6 Å². The molecule has 0 unspecified atom stereocenters. The zero-order chi connectivity index (χ0) is 14.7. The molecule has 1 aromatic carbocycles. The number of hydrogen-bond acceptors (Lipinski definition) is 3. The number of aromatic amines is 1. The Labute approximate surface area is 122 Å². The van der Waals surface area contributed by atoms with Gasteiger partial charge in [0.15, 0.2) is 5.82 Å². The highest BCUT2D eigenvalue weighted by Crippen LogP contribution is 2.19. The van der Waals surface area contributed by atoms with Crippen LogP contribution in [0.5, 0.6) is 0 Å². The maximum atomic E-state index is 11.4. The fourth-order valence-electron chi connectivity index (χ4n) is 2.35. The van der Waals surface area contributed by atoms with Gasteiger partial charge in [-0.15, -0.1) is 0 Å². The molecule has 0 aliphatic heterocycles. The average Bonchev–Trinajstić information content (AvgIpc) is 2.96. The molecule has 0 aliphatic rings. The molecule has 0 saturated carbocycles. The minimum atomic E-state index is -0.0928. The van der Waals surface area contributed by atoms with Crippen LogP contribution in [0, 0.1) is 0 Å². The number of nitrogens with zero attached hydrogens (tertiary/aromatic N) is 3. The minimum Gasteiger partial charge on any atom is -0.325 e. The third kappa shape index (κ3) is 2.76. The van der Waals surface area contributed by atoms with E-state index in [1.807, 2.05) is 35.9 Å². The van der Waals surface area contributed by atoms with Crippen LogP contribution < -0.4 is 5.56 Å². The van der Waals surface area contributed by atoms with Gasteiger partial charge in [0.2, 0.25) is 5.56 Å². The molecule has 0 spiro atoms. The van der Waals surface area contributed by atoms with E-state index in [9.17, 15) is 4.79 Å². The third-order valence-corrected chi connectivity index (χ3v) is 3.39. The highest BCUT2D eigenvalue weighted by Gasteiger charge is 2.12. The number of H-pyrrole nitrogens is 1. The number of aromatic nitrogens is 4. The van der Waals surface area contributed by atoms with Crippen LogP contribution in [0.3, 0.4) is 0 Å². The molecular formula is C16H16N4O. The van der Waals surface area contributed by atoms with E-state index < -0.39 is 0 Å². The van der Waals surface area contributed by atoms with E-state index in [4.69, 9.17) is 0 Å². The molecule has 0 atom stereocenters. The molecule has 1 N–H and O–H groups in total. The smallest absolute Gasteiger partial charge is 0.248 e. The van der Waals surface area contributed by atoms with Gasteiger partial charge in [-0.05, 0) is 18.1 Å². The summed E-state index contributed by atoms with van der Waals surface area (Å²) in [6.07, 6.45) is 2.28. The van der Waals surface area contributed by atoms with Crippen LogP contribution in [0.2, 0.25) is 0 Å². The van der Waals surface area contributed by atoms with Crippen molar-refractivity contribution in [1.82, 2.24) is 19.7 Å². The van der Waals surface area contributed by atoms with Crippen LogP contribution >= 0.6 is 0 Å². The first-order valence-corrected chi connectivity index (χ1v) is 6.92. The Morgan fingerprint density at radius 1 is 1.14 bits per heavy atom. The summed E-state index contributed by atoms with van der Waals surface area (Å²) in [7, 11) is 0. The third-order valence-electron chi connectivity index (χ3n) is 3.39. The van der Waals surface area contributed by atoms with Gasteiger partial charge < -0.3 is 4.98 Å². The molecule has 2 heterocycles. The summed E-state index contributed by atoms with van der Waals surface area (Å²) >= 11 is 0. The molecule has 5 heteroatoms. The highest BCUT2D eigenvalue weighted by atomic mass is 16.1. The van der Waals surface area contributed by atoms with E-state index in [0.717, 1.165) is 29.1 Å². The lowest BCUT2D eigenvalue weighted by Gasteiger charge is -2.09. The van der Waals surface area contributed by atoms with Crippen molar-refractivity contribution < 1.29 is 0 Å². The van der Waals surface area contributed by atoms with Crippen molar-refractivity contribution in [2.24, 2.45) is 0 Å². The first kappa shape index (κ1) is 13.3. The Bertz CT molecular complexity index is 789. The van der Waals surface area contributed by atoms with E-state index in [1.54, 1.807) is 6.33 Å². The van der Waals surface area contributed by atoms with Gasteiger partial charge in [0.25, 0.3) is 0 Å². The number of rotatable bonds is 4. The van der Waals surface area contributed by atoms with Gasteiger partial charge in [-0.2, -0.15) is 5.10 Å². The van der Waals surface area contributed by atoms with E-state index in [-0.39, 0.29) is 5.56 Å². The predicted molar refractivity (Wildman–Crippen MR) is 81.0 cm³/mol. The van der Waals surface area contributed by atoms with E-state index in [1.165, 1.54) is 6.07 Å². The zero-order valence-corrected chi connectivity index (χ0v) is 11.8. The summed E-state index contributed by atoms with van der Waals surface area (Å²) in [6, 6.07) is 13.4. The van der Waals surface area contributed by atoms with Crippen LogP contribution in [-0.4, -0.2) is 19.7 Å². The van der Waals surface area contributed by atoms with E-state index in [0.29, 0.717) is 6.54 Å². The number of aryl methyl sites for hydroxylation is 1. The van der Waals surface area contributed by atoms with E-state index >= 15 is 0 Å². The molecule has 106 valence electrons. The fraction of sp³-hybridized carbons (Fsp3) is 0.188. The second-order valence-corrected chi connectivity index (χ2v) is 4.80. The van der Waals surface area contributed by atoms with Crippen molar-refractivity contribution >= 4 is 0 Å². The monoisotopic (exact) mass is 280 g/mol. The number of pyridine rings is 1. The van der Waals surface area contributed by atoms with E-state index in [2.05, 4.69) is 27.2 Å². The molecule has 5 nitrogen and oxygen atoms in total. The van der Waals surface area contributed by atoms with Crippen molar-refractivity contribution in [3.63, 3.8) is 0 Å². The number of nitrogens with one attached hydrogen (secondary N) is 1. The first-order valence-electron chi connectivity index (χ1n) is 6.92. The largest absolute Gasteiger partial charge is 0.325 e. The van der Waals surface area contributed by atoms with Gasteiger partial charge >= 0.3 is 0 Å². The molecule has 2 aromatic heterocycles. The SMILES string of the molecule is CCc1[nH]c(=O)ccc1-c1ncnn1Cc1ccccc1. The molecule has 0 bridgehead atoms. The minimum absolute atomic E-state index is 0.0928. The molecule has 3 rings (SSSR count). The van der Waals surface area contributed by atoms with Crippen LogP contribution in [0.1, 0.15) is 18.2 Å². The van der Waals surface area contributed by atoms with Crippen molar-refractivity contribution in [2.45, 2.75) is 19.9 Å². The number of benzene rings is 1. The maximum absolute atomic E-state index is 11.4. The summed E-state index contributed by atoms with van der Waals surface area (Å²) in [5.41, 5.74) is 2.87. The molecule has 0 aliphatic carbocycles. The predicted octanol–water partition coefficient (Wildman–Crippen LogP) is 2.24. The van der Waals surface area contributed by atoms with Gasteiger partial charge in [-0.3, -0.25) is 4.79 Å². The van der Waals surface area contributed by atoms with Crippen molar-refractivity contribution in [3.8, 4) is 11.4 Å². The molecule has 0 saturated heterocycles. The summed E-state index contributed by atoms with van der Waals surface area (Å²) in [5.74, 6) is 0.770. The lowest BCUT2D eigenvalue weighted by Crippen LogP contribution is -2.11. The lowest BCUT2D eigenvalue weighted by molar-refractivity contribution is 0.692. The molecule has 3 aromatic rings. The zero-order valence-electron chi connectivity index (χ0n) is 11.8. The lowest BCUT2D eigenvalue weighted by atomic mass is 10.1. The number of hydrogen-bond donors (Lipinski definition) is 1. The van der Waals surface area contributed by atoms with Crippen LogP contribution in [0.15, 0.2) is 53.6 Å². The molecule has 0 amide bonds. The Balaban J connectivity index is 2.01. The van der Waals surface area contributed by atoms with Crippen LogP contribution in [0.4, 0.5) is 0 Å². The maximum Gasteiger partial charge on any atom is 0.248 e. The Hall–Kier alpha value is -2.69. The Morgan fingerprint density at radius 2 is 1.95 bits per heavy atom. The first-order chi connectivity index (χ1) is 10.3.